The van der Waals surface area contributed by atoms with Crippen LogP contribution in [0.15, 0.2) is 0 Å². The minimum absolute atomic E-state index is 0.0141. The monoisotopic (exact) mass is 231 g/mol. The van der Waals surface area contributed by atoms with Gasteiger partial charge < -0.3 is 15.2 Å². The van der Waals surface area contributed by atoms with Crippen LogP contribution >= 0.6 is 0 Å². The van der Waals surface area contributed by atoms with Crippen LogP contribution in [0.5, 0.6) is 0 Å². The van der Waals surface area contributed by atoms with Gasteiger partial charge in [0.05, 0.1) is 6.10 Å². The first-order valence-corrected chi connectivity index (χ1v) is 5.56. The number of hydrogen-bond acceptors (Lipinski definition) is 3. The quantitative estimate of drug-likeness (QED) is 0.657. The van der Waals surface area contributed by atoms with Gasteiger partial charge in [0, 0.05) is 13.5 Å². The van der Waals surface area contributed by atoms with Gasteiger partial charge in [-0.15, -0.1) is 0 Å². The average molecular weight is 231 g/mol. The van der Waals surface area contributed by atoms with Crippen molar-refractivity contribution in [3.8, 4) is 0 Å². The smallest absolute Gasteiger partial charge is 0.326 e. The fourth-order valence-corrected chi connectivity index (χ4v) is 1.26. The van der Waals surface area contributed by atoms with Gasteiger partial charge in [0.2, 0.25) is 5.91 Å². The summed E-state index contributed by atoms with van der Waals surface area (Å²) < 4.78 is 5.00. The van der Waals surface area contributed by atoms with E-state index in [1.54, 1.807) is 7.11 Å². The first-order chi connectivity index (χ1) is 7.51. The predicted octanol–water partition coefficient (Wildman–Crippen LogP) is 1.17. The lowest BCUT2D eigenvalue weighted by Crippen LogP contribution is -2.40. The van der Waals surface area contributed by atoms with Crippen LogP contribution in [-0.4, -0.2) is 36.2 Å². The molecule has 5 nitrogen and oxygen atoms in total. The zero-order valence-electron chi connectivity index (χ0n) is 10.2. The number of methoxy groups -OCH3 is 1. The minimum Gasteiger partial charge on any atom is -0.480 e. The van der Waals surface area contributed by atoms with Gasteiger partial charge >= 0.3 is 5.97 Å². The molecule has 0 aromatic rings. The second-order valence-electron chi connectivity index (χ2n) is 3.83. The van der Waals surface area contributed by atoms with Gasteiger partial charge in [0.15, 0.2) is 0 Å². The molecule has 0 saturated heterocycles. The summed E-state index contributed by atoms with van der Waals surface area (Å²) in [5.74, 6) is -1.21. The molecule has 0 bridgehead atoms. The van der Waals surface area contributed by atoms with E-state index in [-0.39, 0.29) is 12.0 Å². The third-order valence-corrected chi connectivity index (χ3v) is 2.39. The summed E-state index contributed by atoms with van der Waals surface area (Å²) in [6.45, 7) is 3.75. The zero-order valence-corrected chi connectivity index (χ0v) is 10.2. The largest absolute Gasteiger partial charge is 0.480 e. The number of hydrogen-bond donors (Lipinski definition) is 2. The Morgan fingerprint density at radius 1 is 1.38 bits per heavy atom. The molecule has 0 rings (SSSR count). The number of ether oxygens (including phenoxy) is 1. The number of carboxylic acids is 1. The number of carbonyl (C=O) groups excluding carboxylic acids is 1. The maximum atomic E-state index is 11.4. The first-order valence-electron chi connectivity index (χ1n) is 5.56. The van der Waals surface area contributed by atoms with Gasteiger partial charge in [0.25, 0.3) is 0 Å². The van der Waals surface area contributed by atoms with Crippen molar-refractivity contribution in [2.75, 3.05) is 7.11 Å². The van der Waals surface area contributed by atoms with E-state index in [0.29, 0.717) is 19.3 Å². The van der Waals surface area contributed by atoms with Crippen LogP contribution in [0.3, 0.4) is 0 Å². The van der Waals surface area contributed by atoms with Crippen LogP contribution < -0.4 is 5.32 Å². The Morgan fingerprint density at radius 3 is 2.44 bits per heavy atom. The molecule has 0 saturated carbocycles. The fourth-order valence-electron chi connectivity index (χ4n) is 1.26. The van der Waals surface area contributed by atoms with Crippen molar-refractivity contribution >= 4 is 11.9 Å². The molecule has 16 heavy (non-hydrogen) atoms. The van der Waals surface area contributed by atoms with E-state index in [4.69, 9.17) is 9.84 Å². The third-order valence-electron chi connectivity index (χ3n) is 2.39. The highest BCUT2D eigenvalue weighted by Crippen LogP contribution is 2.02. The van der Waals surface area contributed by atoms with Gasteiger partial charge in [-0.2, -0.15) is 0 Å². The van der Waals surface area contributed by atoms with E-state index < -0.39 is 12.0 Å². The van der Waals surface area contributed by atoms with Crippen LogP contribution in [0.2, 0.25) is 0 Å². The zero-order chi connectivity index (χ0) is 12.6. The topological polar surface area (TPSA) is 75.6 Å². The Balaban J connectivity index is 3.95. The van der Waals surface area contributed by atoms with Crippen molar-refractivity contribution in [3.05, 3.63) is 0 Å². The first kappa shape index (κ1) is 14.9. The molecule has 0 aromatic carbocycles. The second kappa shape index (κ2) is 8.10. The molecular formula is C11H21NO4. The predicted molar refractivity (Wildman–Crippen MR) is 60.2 cm³/mol. The molecule has 94 valence electrons. The standard InChI is InChI=1S/C11H21NO4/c1-4-5-9(11(14)15)12-10(13)7-6-8(2)16-3/h8-9H,4-7H2,1-3H3,(H,12,13)(H,14,15)/t8?,9-/m1/s1. The SMILES string of the molecule is CCC[C@@H](NC(=O)CCC(C)OC)C(=O)O. The summed E-state index contributed by atoms with van der Waals surface area (Å²) in [5, 5.41) is 11.3. The van der Waals surface area contributed by atoms with Crippen molar-refractivity contribution in [2.24, 2.45) is 0 Å². The molecule has 2 N–H and O–H groups in total. The maximum Gasteiger partial charge on any atom is 0.326 e. The summed E-state index contributed by atoms with van der Waals surface area (Å²) >= 11 is 0. The maximum absolute atomic E-state index is 11.4. The van der Waals surface area contributed by atoms with E-state index in [1.165, 1.54) is 0 Å². The molecular weight excluding hydrogens is 210 g/mol. The van der Waals surface area contributed by atoms with Gasteiger partial charge in [-0.25, -0.2) is 4.79 Å². The summed E-state index contributed by atoms with van der Waals surface area (Å²) in [7, 11) is 1.58. The van der Waals surface area contributed by atoms with Crippen LogP contribution in [0.4, 0.5) is 0 Å². The van der Waals surface area contributed by atoms with Gasteiger partial charge in [-0.05, 0) is 19.8 Å². The van der Waals surface area contributed by atoms with Crippen molar-refractivity contribution in [1.82, 2.24) is 5.32 Å². The highest BCUT2D eigenvalue weighted by Gasteiger charge is 2.18. The third kappa shape index (κ3) is 6.40. The van der Waals surface area contributed by atoms with E-state index >= 15 is 0 Å². The van der Waals surface area contributed by atoms with Crippen molar-refractivity contribution in [3.63, 3.8) is 0 Å². The Hall–Kier alpha value is -1.10. The summed E-state index contributed by atoms with van der Waals surface area (Å²) in [6, 6.07) is -0.768. The molecule has 0 radical (unpaired) electrons. The summed E-state index contributed by atoms with van der Waals surface area (Å²) in [4.78, 5) is 22.2. The molecule has 5 heteroatoms. The molecule has 1 unspecified atom stereocenters. The number of carbonyl (C=O) groups is 2. The fraction of sp³-hybridized carbons (Fsp3) is 0.818. The number of carboxylic acid groups (broad SMARTS) is 1. The highest BCUT2D eigenvalue weighted by molar-refractivity contribution is 5.83. The lowest BCUT2D eigenvalue weighted by Gasteiger charge is -2.14. The Labute approximate surface area is 96.2 Å². The number of amides is 1. The molecule has 0 aliphatic carbocycles. The van der Waals surface area contributed by atoms with Gasteiger partial charge in [-0.1, -0.05) is 13.3 Å². The molecule has 0 heterocycles. The van der Waals surface area contributed by atoms with E-state index in [9.17, 15) is 9.59 Å². The van der Waals surface area contributed by atoms with Gasteiger partial charge in [0.1, 0.15) is 6.04 Å². The molecule has 0 fully saturated rings. The van der Waals surface area contributed by atoms with E-state index in [0.717, 1.165) is 6.42 Å². The molecule has 0 spiro atoms. The molecule has 0 aliphatic heterocycles. The lowest BCUT2D eigenvalue weighted by atomic mass is 10.1. The number of aliphatic carboxylic acids is 1. The van der Waals surface area contributed by atoms with Crippen LogP contribution in [0, 0.1) is 0 Å². The van der Waals surface area contributed by atoms with Crippen molar-refractivity contribution in [2.45, 2.75) is 51.7 Å². The van der Waals surface area contributed by atoms with Gasteiger partial charge in [-0.3, -0.25) is 4.79 Å². The Morgan fingerprint density at radius 2 is 2.00 bits per heavy atom. The minimum atomic E-state index is -0.977. The summed E-state index contributed by atoms with van der Waals surface area (Å²) in [5.41, 5.74) is 0. The number of rotatable bonds is 8. The normalized spacial score (nSPS) is 14.2. The van der Waals surface area contributed by atoms with Crippen LogP contribution in [0.25, 0.3) is 0 Å². The van der Waals surface area contributed by atoms with Crippen LogP contribution in [0.1, 0.15) is 39.5 Å². The van der Waals surface area contributed by atoms with Crippen LogP contribution in [-0.2, 0) is 14.3 Å². The van der Waals surface area contributed by atoms with E-state index in [2.05, 4.69) is 5.32 Å². The number of nitrogens with one attached hydrogen (secondary N) is 1. The Kier molecular flexibility index (Phi) is 7.54. The molecule has 0 aliphatic rings. The Bertz CT molecular complexity index is 230. The molecule has 0 aromatic heterocycles. The molecule has 1 amide bonds. The molecule has 2 atom stereocenters. The van der Waals surface area contributed by atoms with Crippen molar-refractivity contribution in [1.29, 1.82) is 0 Å². The summed E-state index contributed by atoms with van der Waals surface area (Å²) in [6.07, 6.45) is 2.09. The van der Waals surface area contributed by atoms with E-state index in [1.807, 2.05) is 13.8 Å². The highest BCUT2D eigenvalue weighted by atomic mass is 16.5. The lowest BCUT2D eigenvalue weighted by molar-refractivity contribution is -0.142. The second-order valence-corrected chi connectivity index (χ2v) is 3.83. The average Bonchev–Trinajstić information content (AvgIpc) is 2.25. The van der Waals surface area contributed by atoms with Crippen molar-refractivity contribution < 1.29 is 19.4 Å².